The molecule has 1 atom stereocenters. The monoisotopic (exact) mass is 411 g/mol. The van der Waals surface area contributed by atoms with Gasteiger partial charge in [0.05, 0.1) is 20.3 Å². The summed E-state index contributed by atoms with van der Waals surface area (Å²) in [6.07, 6.45) is -0.571. The molecule has 0 saturated heterocycles. The quantitative estimate of drug-likeness (QED) is 0.339. The van der Waals surface area contributed by atoms with Gasteiger partial charge < -0.3 is 4.74 Å². The third-order valence-electron chi connectivity index (χ3n) is 4.31. The van der Waals surface area contributed by atoms with Crippen LogP contribution in [0.3, 0.4) is 0 Å². The predicted molar refractivity (Wildman–Crippen MR) is 105 cm³/mol. The lowest BCUT2D eigenvalue weighted by atomic mass is 10.1. The van der Waals surface area contributed by atoms with E-state index in [0.717, 1.165) is 29.8 Å². The van der Waals surface area contributed by atoms with Crippen molar-refractivity contribution in [2.24, 2.45) is 0 Å². The van der Waals surface area contributed by atoms with E-state index in [-0.39, 0.29) is 21.0 Å². The van der Waals surface area contributed by atoms with Gasteiger partial charge in [0.15, 0.2) is 0 Å². The highest BCUT2D eigenvalue weighted by atomic mass is 32.2. The number of non-ortho nitro benzene ring substituents is 1. The predicted octanol–water partition coefficient (Wildman–Crippen LogP) is 4.35. The minimum Gasteiger partial charge on any atom is -0.454 e. The van der Waals surface area contributed by atoms with Crippen LogP contribution in [0.25, 0.3) is 0 Å². The Bertz CT molecular complexity index is 1140. The molecule has 0 aliphatic rings. The Labute approximate surface area is 167 Å². The summed E-state index contributed by atoms with van der Waals surface area (Å²) < 4.78 is 31.5. The first-order valence-electron chi connectivity index (χ1n) is 8.65. The number of hydrogen-bond donors (Lipinski definition) is 0. The molecule has 3 aromatic carbocycles. The van der Waals surface area contributed by atoms with Crippen molar-refractivity contribution in [3.63, 3.8) is 0 Å². The number of benzene rings is 3. The molecule has 3 rings (SSSR count). The van der Waals surface area contributed by atoms with Gasteiger partial charge in [0.25, 0.3) is 5.69 Å². The molecule has 0 radical (unpaired) electrons. The van der Waals surface area contributed by atoms with Crippen LogP contribution in [0.2, 0.25) is 0 Å². The number of nitro benzene ring substituents is 1. The second kappa shape index (κ2) is 8.24. The van der Waals surface area contributed by atoms with E-state index >= 15 is 0 Å². The van der Waals surface area contributed by atoms with Crippen LogP contribution in [0, 0.1) is 10.1 Å². The third kappa shape index (κ3) is 4.33. The molecule has 0 aliphatic heterocycles. The Kier molecular flexibility index (Phi) is 5.74. The molecule has 7 nitrogen and oxygen atoms in total. The number of nitro groups is 1. The van der Waals surface area contributed by atoms with Crippen molar-refractivity contribution in [2.45, 2.75) is 22.8 Å². The fourth-order valence-electron chi connectivity index (χ4n) is 2.76. The molecule has 0 heterocycles. The van der Waals surface area contributed by atoms with Crippen molar-refractivity contribution < 1.29 is 22.9 Å². The summed E-state index contributed by atoms with van der Waals surface area (Å²) in [5, 5.41) is 10.8. The van der Waals surface area contributed by atoms with Gasteiger partial charge in [-0.1, -0.05) is 42.5 Å². The molecule has 8 heteroatoms. The first-order chi connectivity index (χ1) is 13.8. The number of esters is 1. The Morgan fingerprint density at radius 2 is 1.52 bits per heavy atom. The van der Waals surface area contributed by atoms with E-state index in [1.165, 1.54) is 18.2 Å². The minimum atomic E-state index is -4.08. The molecule has 29 heavy (non-hydrogen) atoms. The van der Waals surface area contributed by atoms with Crippen molar-refractivity contribution in [3.05, 3.63) is 100 Å². The lowest BCUT2D eigenvalue weighted by Crippen LogP contribution is -2.14. The highest BCUT2D eigenvalue weighted by Gasteiger charge is 2.26. The Morgan fingerprint density at radius 3 is 2.14 bits per heavy atom. The smallest absolute Gasteiger partial charge is 0.340 e. The summed E-state index contributed by atoms with van der Waals surface area (Å²) in [4.78, 5) is 22.5. The van der Waals surface area contributed by atoms with Gasteiger partial charge in [-0.2, -0.15) is 0 Å². The van der Waals surface area contributed by atoms with E-state index in [2.05, 4.69) is 0 Å². The van der Waals surface area contributed by atoms with E-state index in [1.807, 2.05) is 18.2 Å². The average molecular weight is 411 g/mol. The van der Waals surface area contributed by atoms with Crippen LogP contribution in [0.1, 0.15) is 28.9 Å². The summed E-state index contributed by atoms with van der Waals surface area (Å²) in [5.41, 5.74) is 0.443. The molecule has 0 aliphatic carbocycles. The van der Waals surface area contributed by atoms with Crippen molar-refractivity contribution in [1.29, 1.82) is 0 Å². The van der Waals surface area contributed by atoms with Crippen LogP contribution in [0.15, 0.2) is 88.7 Å². The van der Waals surface area contributed by atoms with Crippen LogP contribution in [-0.4, -0.2) is 19.3 Å². The van der Waals surface area contributed by atoms with Gasteiger partial charge in [0.1, 0.15) is 6.10 Å². The van der Waals surface area contributed by atoms with Gasteiger partial charge in [-0.15, -0.1) is 0 Å². The lowest BCUT2D eigenvalue weighted by Gasteiger charge is -2.15. The van der Waals surface area contributed by atoms with E-state index in [1.54, 1.807) is 25.1 Å². The second-order valence-electron chi connectivity index (χ2n) is 6.21. The molecule has 3 aromatic rings. The first kappa shape index (κ1) is 20.2. The zero-order valence-electron chi connectivity index (χ0n) is 15.4. The molecule has 0 fully saturated rings. The highest BCUT2D eigenvalue weighted by Crippen LogP contribution is 2.27. The summed E-state index contributed by atoms with van der Waals surface area (Å²) >= 11 is 0. The van der Waals surface area contributed by atoms with Crippen LogP contribution in [-0.2, 0) is 14.6 Å². The van der Waals surface area contributed by atoms with Crippen LogP contribution >= 0.6 is 0 Å². The lowest BCUT2D eigenvalue weighted by molar-refractivity contribution is -0.384. The summed E-state index contributed by atoms with van der Waals surface area (Å²) in [5.74, 6) is -0.776. The number of hydrogen-bond acceptors (Lipinski definition) is 6. The molecular formula is C21H17NO6S. The minimum absolute atomic E-state index is 0.103. The third-order valence-corrected chi connectivity index (χ3v) is 6.13. The maximum absolute atomic E-state index is 13.0. The zero-order valence-corrected chi connectivity index (χ0v) is 16.2. The number of ether oxygens (including phenoxy) is 1. The van der Waals surface area contributed by atoms with Gasteiger partial charge in [-0.3, -0.25) is 10.1 Å². The highest BCUT2D eigenvalue weighted by molar-refractivity contribution is 7.91. The molecule has 0 N–H and O–H groups in total. The van der Waals surface area contributed by atoms with Crippen molar-refractivity contribution in [2.75, 3.05) is 0 Å². The largest absolute Gasteiger partial charge is 0.454 e. The summed E-state index contributed by atoms with van der Waals surface area (Å²) in [7, 11) is -4.08. The molecule has 0 aromatic heterocycles. The number of sulfone groups is 1. The van der Waals surface area contributed by atoms with Crippen molar-refractivity contribution in [1.82, 2.24) is 0 Å². The van der Waals surface area contributed by atoms with E-state index in [4.69, 9.17) is 4.74 Å². The maximum atomic E-state index is 13.0. The SMILES string of the molecule is CC(OC(=O)c1ccccc1S(=O)(=O)c1ccc([N+](=O)[O-])cc1)c1ccccc1. The molecule has 0 bridgehead atoms. The normalized spacial score (nSPS) is 12.2. The van der Waals surface area contributed by atoms with Gasteiger partial charge in [-0.25, -0.2) is 13.2 Å². The Balaban J connectivity index is 1.93. The van der Waals surface area contributed by atoms with Crippen molar-refractivity contribution in [3.8, 4) is 0 Å². The van der Waals surface area contributed by atoms with Crippen LogP contribution < -0.4 is 0 Å². The molecule has 148 valence electrons. The Morgan fingerprint density at radius 1 is 0.931 bits per heavy atom. The molecule has 1 unspecified atom stereocenters. The summed E-state index contributed by atoms with van der Waals surface area (Å²) in [6.45, 7) is 1.70. The zero-order chi connectivity index (χ0) is 21.0. The van der Waals surface area contributed by atoms with Gasteiger partial charge in [0.2, 0.25) is 9.84 Å². The van der Waals surface area contributed by atoms with E-state index in [0.29, 0.717) is 0 Å². The molecule has 0 saturated carbocycles. The van der Waals surface area contributed by atoms with E-state index < -0.39 is 26.8 Å². The molecule has 0 spiro atoms. The van der Waals surface area contributed by atoms with Gasteiger partial charge in [-0.05, 0) is 36.8 Å². The van der Waals surface area contributed by atoms with E-state index in [9.17, 15) is 23.3 Å². The fraction of sp³-hybridized carbons (Fsp3) is 0.0952. The van der Waals surface area contributed by atoms with Crippen LogP contribution in [0.5, 0.6) is 0 Å². The topological polar surface area (TPSA) is 104 Å². The fourth-order valence-corrected chi connectivity index (χ4v) is 4.21. The maximum Gasteiger partial charge on any atom is 0.340 e. The standard InChI is InChI=1S/C21H17NO6S/c1-15(16-7-3-2-4-8-16)28-21(23)19-9-5-6-10-20(19)29(26,27)18-13-11-17(12-14-18)22(24)25/h2-15H,1H3. The number of carbonyl (C=O) groups is 1. The first-order valence-corrected chi connectivity index (χ1v) is 10.1. The molecular weight excluding hydrogens is 394 g/mol. The van der Waals surface area contributed by atoms with Crippen molar-refractivity contribution >= 4 is 21.5 Å². The van der Waals surface area contributed by atoms with Crippen LogP contribution in [0.4, 0.5) is 5.69 Å². The number of nitrogens with zero attached hydrogens (tertiary/aromatic N) is 1. The number of rotatable bonds is 6. The molecule has 0 amide bonds. The van der Waals surface area contributed by atoms with Gasteiger partial charge >= 0.3 is 5.97 Å². The average Bonchev–Trinajstić information content (AvgIpc) is 2.74. The van der Waals surface area contributed by atoms with Gasteiger partial charge in [0, 0.05) is 12.1 Å². The summed E-state index contributed by atoms with van der Waals surface area (Å²) in [6, 6.07) is 19.3. The Hall–Kier alpha value is -3.52. The second-order valence-corrected chi connectivity index (χ2v) is 8.13. The number of carbonyl (C=O) groups excluding carboxylic acids is 1.